The summed E-state index contributed by atoms with van der Waals surface area (Å²) >= 11 is 0. The minimum absolute atomic E-state index is 0.170. The van der Waals surface area contributed by atoms with Crippen molar-refractivity contribution >= 4 is 17.6 Å². The molecule has 0 saturated heterocycles. The number of nitrogens with two attached hydrogens (primary N) is 1. The molecule has 0 saturated carbocycles. The molecule has 3 N–H and O–H groups in total. The number of nitrogens with one attached hydrogen (secondary N) is 1. The largest absolute Gasteiger partial charge is 0.462 e. The molecule has 0 aliphatic carbocycles. The van der Waals surface area contributed by atoms with Gasteiger partial charge in [0.1, 0.15) is 0 Å². The summed E-state index contributed by atoms with van der Waals surface area (Å²) < 4.78 is 4.90. The van der Waals surface area contributed by atoms with Gasteiger partial charge in [-0.2, -0.15) is 0 Å². The average Bonchev–Trinajstić information content (AvgIpc) is 2.38. The molecule has 2 atom stereocenters. The van der Waals surface area contributed by atoms with Crippen LogP contribution in [0.25, 0.3) is 0 Å². The molecule has 0 bridgehead atoms. The second-order valence-corrected chi connectivity index (χ2v) is 4.44. The van der Waals surface area contributed by atoms with E-state index in [0.29, 0.717) is 17.9 Å². The Morgan fingerprint density at radius 2 is 2.05 bits per heavy atom. The van der Waals surface area contributed by atoms with Crippen LogP contribution in [0, 0.1) is 5.92 Å². The zero-order valence-electron chi connectivity index (χ0n) is 11.5. The number of rotatable bonds is 5. The van der Waals surface area contributed by atoms with Gasteiger partial charge in [0.15, 0.2) is 0 Å². The van der Waals surface area contributed by atoms with Crippen LogP contribution in [0.1, 0.15) is 31.1 Å². The SMILES string of the molecule is CCOC(=O)c1cccc(NC(=O)C(C)C(C)N)c1. The molecule has 2 unspecified atom stereocenters. The van der Waals surface area contributed by atoms with Gasteiger partial charge in [0.05, 0.1) is 18.1 Å². The third-order valence-corrected chi connectivity index (χ3v) is 2.84. The van der Waals surface area contributed by atoms with Crippen LogP contribution in [0.2, 0.25) is 0 Å². The van der Waals surface area contributed by atoms with Gasteiger partial charge in [-0.25, -0.2) is 4.79 Å². The molecule has 5 nitrogen and oxygen atoms in total. The second-order valence-electron chi connectivity index (χ2n) is 4.44. The zero-order chi connectivity index (χ0) is 14.4. The number of esters is 1. The van der Waals surface area contributed by atoms with Crippen LogP contribution in [0.15, 0.2) is 24.3 Å². The Morgan fingerprint density at radius 1 is 1.37 bits per heavy atom. The van der Waals surface area contributed by atoms with Gasteiger partial charge in [-0.3, -0.25) is 4.79 Å². The van der Waals surface area contributed by atoms with Crippen LogP contribution in [0.4, 0.5) is 5.69 Å². The van der Waals surface area contributed by atoms with Crippen molar-refractivity contribution in [3.8, 4) is 0 Å². The molecule has 1 amide bonds. The highest BCUT2D eigenvalue weighted by Crippen LogP contribution is 2.13. The third-order valence-electron chi connectivity index (χ3n) is 2.84. The van der Waals surface area contributed by atoms with E-state index in [1.165, 1.54) is 0 Å². The van der Waals surface area contributed by atoms with E-state index in [-0.39, 0.29) is 17.9 Å². The first-order chi connectivity index (χ1) is 8.95. The summed E-state index contributed by atoms with van der Waals surface area (Å²) in [5.74, 6) is -0.874. The zero-order valence-corrected chi connectivity index (χ0v) is 11.5. The molecule has 0 radical (unpaired) electrons. The van der Waals surface area contributed by atoms with E-state index in [9.17, 15) is 9.59 Å². The molecular formula is C14H20N2O3. The number of benzene rings is 1. The van der Waals surface area contributed by atoms with E-state index in [4.69, 9.17) is 10.5 Å². The quantitative estimate of drug-likeness (QED) is 0.794. The lowest BCUT2D eigenvalue weighted by atomic mass is 10.0. The summed E-state index contributed by atoms with van der Waals surface area (Å²) in [5.41, 5.74) is 6.64. The first-order valence-corrected chi connectivity index (χ1v) is 6.29. The van der Waals surface area contributed by atoms with E-state index < -0.39 is 5.97 Å². The Bertz CT molecular complexity index is 458. The molecule has 0 aromatic heterocycles. The fourth-order valence-corrected chi connectivity index (χ4v) is 1.43. The molecule has 0 spiro atoms. The van der Waals surface area contributed by atoms with Gasteiger partial charge in [0.25, 0.3) is 0 Å². The van der Waals surface area contributed by atoms with Gasteiger partial charge in [-0.15, -0.1) is 0 Å². The molecule has 0 fully saturated rings. The van der Waals surface area contributed by atoms with Crippen LogP contribution >= 0.6 is 0 Å². The Balaban J connectivity index is 2.77. The lowest BCUT2D eigenvalue weighted by Gasteiger charge is -2.15. The van der Waals surface area contributed by atoms with Crippen molar-refractivity contribution in [1.29, 1.82) is 0 Å². The predicted molar refractivity (Wildman–Crippen MR) is 73.8 cm³/mol. The van der Waals surface area contributed by atoms with E-state index >= 15 is 0 Å². The summed E-state index contributed by atoms with van der Waals surface area (Å²) in [5, 5.41) is 2.73. The van der Waals surface area contributed by atoms with Crippen molar-refractivity contribution in [2.45, 2.75) is 26.8 Å². The summed E-state index contributed by atoms with van der Waals surface area (Å²) in [7, 11) is 0. The van der Waals surface area contributed by atoms with Crippen LogP contribution < -0.4 is 11.1 Å². The van der Waals surface area contributed by atoms with Crippen molar-refractivity contribution in [2.24, 2.45) is 11.7 Å². The first-order valence-electron chi connectivity index (χ1n) is 6.29. The van der Waals surface area contributed by atoms with E-state index in [1.54, 1.807) is 45.0 Å². The third kappa shape index (κ3) is 4.37. The maximum atomic E-state index is 11.9. The molecule has 0 heterocycles. The van der Waals surface area contributed by atoms with Gasteiger partial charge < -0.3 is 15.8 Å². The summed E-state index contributed by atoms with van der Waals surface area (Å²) in [6.45, 7) is 5.60. The number of ether oxygens (including phenoxy) is 1. The van der Waals surface area contributed by atoms with Gasteiger partial charge in [0.2, 0.25) is 5.91 Å². The van der Waals surface area contributed by atoms with Crippen LogP contribution in [0.5, 0.6) is 0 Å². The molecule has 5 heteroatoms. The Labute approximate surface area is 113 Å². The molecule has 1 aromatic rings. The van der Waals surface area contributed by atoms with Crippen molar-refractivity contribution in [2.75, 3.05) is 11.9 Å². The van der Waals surface area contributed by atoms with E-state index in [1.807, 2.05) is 0 Å². The van der Waals surface area contributed by atoms with Gasteiger partial charge >= 0.3 is 5.97 Å². The minimum Gasteiger partial charge on any atom is -0.462 e. The Kier molecular flexibility index (Phi) is 5.51. The van der Waals surface area contributed by atoms with Crippen LogP contribution in [-0.4, -0.2) is 24.5 Å². The number of carbonyl (C=O) groups excluding carboxylic acids is 2. The topological polar surface area (TPSA) is 81.4 Å². The summed E-state index contributed by atoms with van der Waals surface area (Å²) in [4.78, 5) is 23.4. The summed E-state index contributed by atoms with van der Waals surface area (Å²) in [6, 6.07) is 6.41. The molecule has 19 heavy (non-hydrogen) atoms. The number of amides is 1. The fourth-order valence-electron chi connectivity index (χ4n) is 1.43. The van der Waals surface area contributed by atoms with Gasteiger partial charge in [0, 0.05) is 11.7 Å². The monoisotopic (exact) mass is 264 g/mol. The summed E-state index contributed by atoms with van der Waals surface area (Å²) in [6.07, 6.45) is 0. The molecular weight excluding hydrogens is 244 g/mol. The van der Waals surface area contributed by atoms with Gasteiger partial charge in [-0.1, -0.05) is 13.0 Å². The highest BCUT2D eigenvalue weighted by atomic mass is 16.5. The maximum absolute atomic E-state index is 11.9. The lowest BCUT2D eigenvalue weighted by Crippen LogP contribution is -2.34. The maximum Gasteiger partial charge on any atom is 0.338 e. The Morgan fingerprint density at radius 3 is 2.63 bits per heavy atom. The lowest BCUT2D eigenvalue weighted by molar-refractivity contribution is -0.119. The van der Waals surface area contributed by atoms with Crippen molar-refractivity contribution < 1.29 is 14.3 Å². The van der Waals surface area contributed by atoms with E-state index in [0.717, 1.165) is 0 Å². The normalized spacial score (nSPS) is 13.5. The van der Waals surface area contributed by atoms with Crippen molar-refractivity contribution in [1.82, 2.24) is 0 Å². The van der Waals surface area contributed by atoms with Gasteiger partial charge in [-0.05, 0) is 32.0 Å². The number of anilines is 1. The number of hydrogen-bond acceptors (Lipinski definition) is 4. The first kappa shape index (κ1) is 15.2. The van der Waals surface area contributed by atoms with Crippen molar-refractivity contribution in [3.05, 3.63) is 29.8 Å². The smallest absolute Gasteiger partial charge is 0.338 e. The molecule has 1 rings (SSSR count). The Hall–Kier alpha value is -1.88. The highest BCUT2D eigenvalue weighted by Gasteiger charge is 2.17. The minimum atomic E-state index is -0.404. The predicted octanol–water partition coefficient (Wildman–Crippen LogP) is 1.79. The standard InChI is InChI=1S/C14H20N2O3/c1-4-19-14(18)11-6-5-7-12(8-11)16-13(17)9(2)10(3)15/h5-10H,4,15H2,1-3H3,(H,16,17). The van der Waals surface area contributed by atoms with Crippen LogP contribution in [0.3, 0.4) is 0 Å². The second kappa shape index (κ2) is 6.89. The highest BCUT2D eigenvalue weighted by molar-refractivity contribution is 5.95. The molecule has 104 valence electrons. The van der Waals surface area contributed by atoms with Crippen LogP contribution in [-0.2, 0) is 9.53 Å². The fraction of sp³-hybridized carbons (Fsp3) is 0.429. The molecule has 1 aromatic carbocycles. The van der Waals surface area contributed by atoms with Crippen molar-refractivity contribution in [3.63, 3.8) is 0 Å². The molecule has 0 aliphatic heterocycles. The molecule has 0 aliphatic rings. The average molecular weight is 264 g/mol. The number of carbonyl (C=O) groups is 2. The van der Waals surface area contributed by atoms with E-state index in [2.05, 4.69) is 5.32 Å². The number of hydrogen-bond donors (Lipinski definition) is 2.